The van der Waals surface area contributed by atoms with Gasteiger partial charge < -0.3 is 4.43 Å². The molecule has 1 aromatic rings. The fourth-order valence-electron chi connectivity index (χ4n) is 4.37. The average molecular weight is 422 g/mol. The lowest BCUT2D eigenvalue weighted by Gasteiger charge is -2.32. The third-order valence-electron chi connectivity index (χ3n) is 6.48. The van der Waals surface area contributed by atoms with E-state index in [1.807, 2.05) is 4.90 Å². The minimum atomic E-state index is -1.69. The molecule has 1 aliphatic heterocycles. The van der Waals surface area contributed by atoms with Crippen molar-refractivity contribution in [2.75, 3.05) is 6.61 Å². The zero-order valence-electron chi connectivity index (χ0n) is 16.9. The monoisotopic (exact) mass is 421 g/mol. The molecule has 0 spiro atoms. The van der Waals surface area contributed by atoms with Gasteiger partial charge in [0, 0.05) is 11.9 Å². The maximum atomic E-state index is 13.5. The molecule has 148 valence electrons. The van der Waals surface area contributed by atoms with Crippen LogP contribution in [0.1, 0.15) is 51.3 Å². The van der Waals surface area contributed by atoms with E-state index in [0.29, 0.717) is 11.9 Å². The predicted octanol–water partition coefficient (Wildman–Crippen LogP) is 5.56. The molecule has 0 bridgehead atoms. The van der Waals surface area contributed by atoms with Gasteiger partial charge in [-0.05, 0) is 42.1 Å². The van der Waals surface area contributed by atoms with Crippen LogP contribution in [0.2, 0.25) is 18.1 Å². The molecule has 0 N–H and O–H groups in total. The standard InChI is InChI=1S/C21H31NO2S2Si/c1-5-15(14-24-27(6-2,7-3)8-4)20(23)22-19-17-12-10-9-11-16(17)13-18(19)26-21(22)25/h9-12,15,18-19H,5-8,13-14H2,1-4H3/t15-,18-,19+/m0/s1. The Hall–Kier alpha value is -0.693. The van der Waals surface area contributed by atoms with Gasteiger partial charge in [-0.2, -0.15) is 0 Å². The van der Waals surface area contributed by atoms with Gasteiger partial charge in [-0.15, -0.1) is 0 Å². The first-order chi connectivity index (χ1) is 13.0. The number of rotatable bonds is 8. The largest absolute Gasteiger partial charge is 0.416 e. The fourth-order valence-corrected chi connectivity index (χ4v) is 8.85. The van der Waals surface area contributed by atoms with Crippen molar-refractivity contribution in [3.05, 3.63) is 35.4 Å². The van der Waals surface area contributed by atoms with Gasteiger partial charge in [0.1, 0.15) is 4.32 Å². The molecular formula is C21H31NO2S2Si. The van der Waals surface area contributed by atoms with Crippen molar-refractivity contribution < 1.29 is 9.22 Å². The Morgan fingerprint density at radius 1 is 1.26 bits per heavy atom. The van der Waals surface area contributed by atoms with E-state index >= 15 is 0 Å². The Bertz CT molecular complexity index is 699. The summed E-state index contributed by atoms with van der Waals surface area (Å²) in [6.45, 7) is 9.32. The number of hydrogen-bond donors (Lipinski definition) is 0. The number of thiocarbonyl (C=S) groups is 1. The maximum Gasteiger partial charge on any atom is 0.234 e. The van der Waals surface area contributed by atoms with Gasteiger partial charge in [0.2, 0.25) is 5.91 Å². The molecule has 1 fully saturated rings. The molecule has 0 aromatic heterocycles. The Balaban J connectivity index is 1.78. The first-order valence-corrected chi connectivity index (χ1v) is 14.1. The van der Waals surface area contributed by atoms with Crippen molar-refractivity contribution in [1.82, 2.24) is 4.90 Å². The normalized spacial score (nSPS) is 22.7. The molecule has 6 heteroatoms. The summed E-state index contributed by atoms with van der Waals surface area (Å²) in [5, 5.41) is 0.368. The summed E-state index contributed by atoms with van der Waals surface area (Å²) in [6.07, 6.45) is 1.80. The molecule has 1 aliphatic carbocycles. The predicted molar refractivity (Wildman–Crippen MR) is 121 cm³/mol. The Kier molecular flexibility index (Phi) is 6.82. The highest BCUT2D eigenvalue weighted by Crippen LogP contribution is 2.49. The Labute approximate surface area is 174 Å². The summed E-state index contributed by atoms with van der Waals surface area (Å²) >= 11 is 7.33. The molecule has 3 nitrogen and oxygen atoms in total. The molecule has 3 rings (SSSR count). The number of benzene rings is 1. The molecule has 0 unspecified atom stereocenters. The van der Waals surface area contributed by atoms with Gasteiger partial charge in [0.15, 0.2) is 8.32 Å². The molecule has 0 radical (unpaired) electrons. The number of carbonyl (C=O) groups is 1. The van der Waals surface area contributed by atoms with E-state index in [4.69, 9.17) is 16.6 Å². The smallest absolute Gasteiger partial charge is 0.234 e. The van der Waals surface area contributed by atoms with Crippen molar-refractivity contribution in [2.45, 2.75) is 70.0 Å². The van der Waals surface area contributed by atoms with Gasteiger partial charge in [-0.3, -0.25) is 9.69 Å². The van der Waals surface area contributed by atoms with Crippen LogP contribution >= 0.6 is 24.0 Å². The SMILES string of the molecule is CC[C@@H](CO[Si](CC)(CC)CC)C(=O)N1C(=S)S[C@H]2Cc3ccccc3[C@H]21. The van der Waals surface area contributed by atoms with Crippen LogP contribution in [0.4, 0.5) is 0 Å². The van der Waals surface area contributed by atoms with Crippen LogP contribution in [-0.4, -0.2) is 35.3 Å². The number of thioether (sulfide) groups is 1. The van der Waals surface area contributed by atoms with Crippen LogP contribution in [0, 0.1) is 5.92 Å². The third-order valence-corrected chi connectivity index (χ3v) is 12.7. The number of hydrogen-bond acceptors (Lipinski definition) is 4. The highest BCUT2D eigenvalue weighted by Gasteiger charge is 2.48. The van der Waals surface area contributed by atoms with Crippen LogP contribution in [0.15, 0.2) is 24.3 Å². The molecular weight excluding hydrogens is 390 g/mol. The first kappa shape index (κ1) is 21.0. The minimum absolute atomic E-state index is 0.103. The van der Waals surface area contributed by atoms with Crippen molar-refractivity contribution in [1.29, 1.82) is 0 Å². The van der Waals surface area contributed by atoms with Crippen LogP contribution in [0.25, 0.3) is 0 Å². The number of carbonyl (C=O) groups excluding carboxylic acids is 1. The van der Waals surface area contributed by atoms with Crippen LogP contribution in [0.3, 0.4) is 0 Å². The summed E-state index contributed by atoms with van der Waals surface area (Å²) in [7, 11) is -1.69. The quantitative estimate of drug-likeness (QED) is 0.406. The molecule has 1 aromatic carbocycles. The lowest BCUT2D eigenvalue weighted by Crippen LogP contribution is -2.43. The second-order valence-electron chi connectivity index (χ2n) is 7.64. The lowest BCUT2D eigenvalue weighted by molar-refractivity contribution is -0.134. The Morgan fingerprint density at radius 3 is 2.56 bits per heavy atom. The topological polar surface area (TPSA) is 29.5 Å². The van der Waals surface area contributed by atoms with E-state index in [2.05, 4.69) is 52.0 Å². The van der Waals surface area contributed by atoms with Crippen molar-refractivity contribution in [3.8, 4) is 0 Å². The van der Waals surface area contributed by atoms with Gasteiger partial charge in [-0.1, -0.05) is 75.9 Å². The van der Waals surface area contributed by atoms with Crippen molar-refractivity contribution in [3.63, 3.8) is 0 Å². The molecule has 1 heterocycles. The van der Waals surface area contributed by atoms with Gasteiger partial charge in [0.05, 0.1) is 12.0 Å². The zero-order valence-corrected chi connectivity index (χ0v) is 19.5. The molecule has 0 saturated carbocycles. The second-order valence-corrected chi connectivity index (χ2v) is 14.3. The highest BCUT2D eigenvalue weighted by atomic mass is 32.2. The molecule has 1 amide bonds. The number of nitrogens with zero attached hydrogens (tertiary/aromatic N) is 1. The number of fused-ring (bicyclic) bond motifs is 3. The zero-order chi connectivity index (χ0) is 19.6. The van der Waals surface area contributed by atoms with E-state index in [-0.39, 0.29) is 17.9 Å². The molecule has 3 atom stereocenters. The molecule has 2 aliphatic rings. The minimum Gasteiger partial charge on any atom is -0.416 e. The van der Waals surface area contributed by atoms with E-state index in [1.165, 1.54) is 11.1 Å². The third kappa shape index (κ3) is 3.91. The van der Waals surface area contributed by atoms with E-state index in [9.17, 15) is 4.79 Å². The van der Waals surface area contributed by atoms with E-state index in [0.717, 1.165) is 35.3 Å². The van der Waals surface area contributed by atoms with Gasteiger partial charge in [-0.25, -0.2) is 0 Å². The molecule has 1 saturated heterocycles. The summed E-state index contributed by atoms with van der Waals surface area (Å²) < 4.78 is 7.21. The summed E-state index contributed by atoms with van der Waals surface area (Å²) in [6, 6.07) is 11.9. The highest BCUT2D eigenvalue weighted by molar-refractivity contribution is 8.23. The maximum absolute atomic E-state index is 13.5. The first-order valence-electron chi connectivity index (χ1n) is 10.3. The van der Waals surface area contributed by atoms with Crippen LogP contribution < -0.4 is 0 Å². The van der Waals surface area contributed by atoms with E-state index < -0.39 is 8.32 Å². The summed E-state index contributed by atoms with van der Waals surface area (Å²) in [5.41, 5.74) is 2.64. The Morgan fingerprint density at radius 2 is 1.93 bits per heavy atom. The number of amides is 1. The summed E-state index contributed by atoms with van der Waals surface area (Å²) in [4.78, 5) is 15.4. The fraction of sp³-hybridized carbons (Fsp3) is 0.619. The van der Waals surface area contributed by atoms with Gasteiger partial charge in [0.25, 0.3) is 0 Å². The summed E-state index contributed by atoms with van der Waals surface area (Å²) in [5.74, 6) is 0.0528. The molecule has 27 heavy (non-hydrogen) atoms. The van der Waals surface area contributed by atoms with Crippen molar-refractivity contribution >= 4 is 42.5 Å². The second kappa shape index (κ2) is 8.76. The lowest BCUT2D eigenvalue weighted by atomic mass is 10.0. The van der Waals surface area contributed by atoms with Crippen LogP contribution in [0.5, 0.6) is 0 Å². The van der Waals surface area contributed by atoms with Crippen LogP contribution in [-0.2, 0) is 15.6 Å². The van der Waals surface area contributed by atoms with E-state index in [1.54, 1.807) is 11.8 Å². The van der Waals surface area contributed by atoms with Gasteiger partial charge >= 0.3 is 0 Å². The van der Waals surface area contributed by atoms with Crippen molar-refractivity contribution in [2.24, 2.45) is 5.92 Å². The average Bonchev–Trinajstić information content (AvgIpc) is 3.19.